The van der Waals surface area contributed by atoms with Crippen LogP contribution < -0.4 is 5.73 Å². The highest BCUT2D eigenvalue weighted by atomic mass is 16.3. The number of benzene rings is 2. The summed E-state index contributed by atoms with van der Waals surface area (Å²) < 4.78 is 1.65. The molecule has 0 fully saturated rings. The number of rotatable bonds is 3. The summed E-state index contributed by atoms with van der Waals surface area (Å²) in [6, 6.07) is 11.2. The van der Waals surface area contributed by atoms with E-state index in [1.54, 1.807) is 16.9 Å². The van der Waals surface area contributed by atoms with Gasteiger partial charge < -0.3 is 10.8 Å². The average molecular weight is 294 g/mol. The van der Waals surface area contributed by atoms with Gasteiger partial charge in [0, 0.05) is 11.3 Å². The first-order valence-electron chi connectivity index (χ1n) is 7.19. The minimum atomic E-state index is 0.192. The Morgan fingerprint density at radius 2 is 1.91 bits per heavy atom. The summed E-state index contributed by atoms with van der Waals surface area (Å²) in [4.78, 5) is 0. The molecular weight excluding hydrogens is 276 g/mol. The molecule has 0 amide bonds. The zero-order valence-electron chi connectivity index (χ0n) is 12.6. The fraction of sp³-hybridized carbons (Fsp3) is 0.176. The van der Waals surface area contributed by atoms with Gasteiger partial charge in [-0.3, -0.25) is 0 Å². The maximum atomic E-state index is 10.3. The Morgan fingerprint density at radius 1 is 1.18 bits per heavy atom. The van der Waals surface area contributed by atoms with E-state index < -0.39 is 0 Å². The molecule has 2 aromatic carbocycles. The second-order valence-corrected chi connectivity index (χ2v) is 5.27. The quantitative estimate of drug-likeness (QED) is 0.728. The molecule has 0 saturated heterocycles. The summed E-state index contributed by atoms with van der Waals surface area (Å²) in [6.07, 6.45) is 2.57. The van der Waals surface area contributed by atoms with Gasteiger partial charge in [-0.05, 0) is 48.7 Å². The van der Waals surface area contributed by atoms with Crippen LogP contribution in [0.25, 0.3) is 16.9 Å². The monoisotopic (exact) mass is 294 g/mol. The van der Waals surface area contributed by atoms with E-state index in [1.165, 1.54) is 5.56 Å². The molecule has 3 N–H and O–H groups in total. The van der Waals surface area contributed by atoms with Gasteiger partial charge in [0.1, 0.15) is 11.4 Å². The zero-order chi connectivity index (χ0) is 15.7. The lowest BCUT2D eigenvalue weighted by molar-refractivity contribution is 0.469. The Balaban J connectivity index is 2.15. The normalized spacial score (nSPS) is 10.8. The van der Waals surface area contributed by atoms with Crippen molar-refractivity contribution in [2.24, 2.45) is 0 Å². The zero-order valence-corrected chi connectivity index (χ0v) is 12.6. The highest BCUT2D eigenvalue weighted by Crippen LogP contribution is 2.30. The van der Waals surface area contributed by atoms with Gasteiger partial charge in [-0.1, -0.05) is 24.3 Å². The summed E-state index contributed by atoms with van der Waals surface area (Å²) in [6.45, 7) is 4.08. The molecule has 0 spiro atoms. The first-order valence-corrected chi connectivity index (χ1v) is 7.19. The van der Waals surface area contributed by atoms with Crippen molar-refractivity contribution >= 4 is 5.69 Å². The maximum Gasteiger partial charge on any atom is 0.141 e. The Morgan fingerprint density at radius 3 is 2.59 bits per heavy atom. The van der Waals surface area contributed by atoms with E-state index in [1.807, 2.05) is 37.3 Å². The molecule has 5 nitrogen and oxygen atoms in total. The number of phenols is 1. The number of nitrogens with two attached hydrogens (primary N) is 1. The molecule has 3 aromatic rings. The van der Waals surface area contributed by atoms with E-state index in [2.05, 4.69) is 17.2 Å². The predicted molar refractivity (Wildman–Crippen MR) is 87.0 cm³/mol. The van der Waals surface area contributed by atoms with Crippen LogP contribution in [0.4, 0.5) is 5.69 Å². The molecule has 0 radical (unpaired) electrons. The number of hydrogen-bond acceptors (Lipinski definition) is 4. The smallest absolute Gasteiger partial charge is 0.141 e. The number of aromatic nitrogens is 3. The average Bonchev–Trinajstić information content (AvgIpc) is 2.97. The van der Waals surface area contributed by atoms with Gasteiger partial charge >= 0.3 is 0 Å². The second-order valence-electron chi connectivity index (χ2n) is 5.27. The molecule has 3 rings (SSSR count). The Hall–Kier alpha value is -2.82. The van der Waals surface area contributed by atoms with E-state index >= 15 is 0 Å². The third-order valence-electron chi connectivity index (χ3n) is 3.80. The Kier molecular flexibility index (Phi) is 3.55. The maximum absolute atomic E-state index is 10.3. The van der Waals surface area contributed by atoms with Crippen molar-refractivity contribution in [3.63, 3.8) is 0 Å². The molecule has 0 aliphatic heterocycles. The minimum absolute atomic E-state index is 0.192. The summed E-state index contributed by atoms with van der Waals surface area (Å²) >= 11 is 0. The third kappa shape index (κ3) is 2.41. The number of anilines is 1. The van der Waals surface area contributed by atoms with Gasteiger partial charge in [0.25, 0.3) is 0 Å². The second kappa shape index (κ2) is 5.52. The van der Waals surface area contributed by atoms with E-state index in [-0.39, 0.29) is 5.75 Å². The van der Waals surface area contributed by atoms with Gasteiger partial charge in [-0.25, -0.2) is 4.68 Å². The van der Waals surface area contributed by atoms with Gasteiger partial charge in [0.15, 0.2) is 0 Å². The fourth-order valence-electron chi connectivity index (χ4n) is 2.54. The lowest BCUT2D eigenvalue weighted by Gasteiger charge is -2.12. The Bertz CT molecular complexity index is 806. The summed E-state index contributed by atoms with van der Waals surface area (Å²) in [5.41, 5.74) is 11.1. The van der Waals surface area contributed by atoms with Crippen LogP contribution in [-0.2, 0) is 6.42 Å². The summed E-state index contributed by atoms with van der Waals surface area (Å²) in [7, 11) is 0. The van der Waals surface area contributed by atoms with E-state index in [9.17, 15) is 5.11 Å². The molecule has 0 aliphatic rings. The van der Waals surface area contributed by atoms with Crippen molar-refractivity contribution in [1.29, 1.82) is 0 Å². The number of aromatic hydroxyl groups is 1. The van der Waals surface area contributed by atoms with Gasteiger partial charge in [-0.2, -0.15) is 0 Å². The van der Waals surface area contributed by atoms with Crippen molar-refractivity contribution in [3.05, 3.63) is 53.7 Å². The van der Waals surface area contributed by atoms with Crippen LogP contribution in [0.15, 0.2) is 42.6 Å². The van der Waals surface area contributed by atoms with E-state index in [4.69, 9.17) is 5.73 Å². The molecule has 112 valence electrons. The van der Waals surface area contributed by atoms with Crippen molar-refractivity contribution < 1.29 is 5.11 Å². The minimum Gasteiger partial charge on any atom is -0.506 e. The van der Waals surface area contributed by atoms with Crippen molar-refractivity contribution in [3.8, 4) is 22.7 Å². The third-order valence-corrected chi connectivity index (χ3v) is 3.80. The molecule has 1 aromatic heterocycles. The van der Waals surface area contributed by atoms with Crippen LogP contribution in [0, 0.1) is 6.92 Å². The molecule has 0 unspecified atom stereocenters. The SMILES string of the molecule is CCc1cc(-n2nncc2-c2ccc(N)cc2)c(O)cc1C. The number of hydrogen-bond donors (Lipinski definition) is 2. The summed E-state index contributed by atoms with van der Waals surface area (Å²) in [5, 5.41) is 18.4. The molecule has 0 saturated carbocycles. The topological polar surface area (TPSA) is 77.0 Å². The van der Waals surface area contributed by atoms with Crippen LogP contribution in [-0.4, -0.2) is 20.1 Å². The van der Waals surface area contributed by atoms with E-state index in [0.717, 1.165) is 23.2 Å². The van der Waals surface area contributed by atoms with Crippen molar-refractivity contribution in [1.82, 2.24) is 15.0 Å². The predicted octanol–water partition coefficient (Wildman–Crippen LogP) is 3.09. The number of nitrogens with zero attached hydrogens (tertiary/aromatic N) is 3. The lowest BCUT2D eigenvalue weighted by atomic mass is 10.0. The van der Waals surface area contributed by atoms with Crippen LogP contribution >= 0.6 is 0 Å². The van der Waals surface area contributed by atoms with Crippen LogP contribution in [0.2, 0.25) is 0 Å². The van der Waals surface area contributed by atoms with E-state index in [0.29, 0.717) is 11.4 Å². The number of nitrogen functional groups attached to an aromatic ring is 1. The molecule has 22 heavy (non-hydrogen) atoms. The highest BCUT2D eigenvalue weighted by molar-refractivity contribution is 5.65. The summed E-state index contributed by atoms with van der Waals surface area (Å²) in [5.74, 6) is 0.192. The van der Waals surface area contributed by atoms with Crippen molar-refractivity contribution in [2.45, 2.75) is 20.3 Å². The first-order chi connectivity index (χ1) is 10.6. The molecule has 5 heteroatoms. The largest absolute Gasteiger partial charge is 0.506 e. The van der Waals surface area contributed by atoms with Crippen LogP contribution in [0.3, 0.4) is 0 Å². The van der Waals surface area contributed by atoms with Crippen molar-refractivity contribution in [2.75, 3.05) is 5.73 Å². The number of phenolic OH excluding ortho intramolecular Hbond substituents is 1. The molecular formula is C17H18N4O. The molecule has 1 heterocycles. The first kappa shape index (κ1) is 14.1. The Labute approximate surface area is 129 Å². The molecule has 0 atom stereocenters. The molecule has 0 aliphatic carbocycles. The van der Waals surface area contributed by atoms with Crippen LogP contribution in [0.1, 0.15) is 18.1 Å². The van der Waals surface area contributed by atoms with Gasteiger partial charge in [-0.15, -0.1) is 5.10 Å². The molecule has 0 bridgehead atoms. The standard InChI is InChI=1S/C17H18N4O/c1-3-12-9-15(17(22)8-11(12)2)21-16(10-19-20-21)13-4-6-14(18)7-5-13/h4-10,22H,3,18H2,1-2H3. The van der Waals surface area contributed by atoms with Gasteiger partial charge in [0.2, 0.25) is 0 Å². The fourth-order valence-corrected chi connectivity index (χ4v) is 2.54. The lowest BCUT2D eigenvalue weighted by Crippen LogP contribution is -2.02. The number of aryl methyl sites for hydroxylation is 2. The van der Waals surface area contributed by atoms with Gasteiger partial charge in [0.05, 0.1) is 11.9 Å². The van der Waals surface area contributed by atoms with Crippen LogP contribution in [0.5, 0.6) is 5.75 Å². The highest BCUT2D eigenvalue weighted by Gasteiger charge is 2.14.